The van der Waals surface area contributed by atoms with Gasteiger partial charge in [-0.2, -0.15) is 11.8 Å². The normalized spacial score (nSPS) is 12.7. The molecule has 1 rings (SSSR count). The summed E-state index contributed by atoms with van der Waals surface area (Å²) < 4.78 is 0. The van der Waals surface area contributed by atoms with E-state index < -0.39 is 0 Å². The van der Waals surface area contributed by atoms with Crippen molar-refractivity contribution in [2.45, 2.75) is 32.3 Å². The van der Waals surface area contributed by atoms with Crippen LogP contribution < -0.4 is 0 Å². The van der Waals surface area contributed by atoms with Crippen molar-refractivity contribution in [2.24, 2.45) is 0 Å². The molecule has 2 heteroatoms. The molecule has 0 aromatic heterocycles. The number of aliphatic hydroxyl groups is 1. The van der Waals surface area contributed by atoms with E-state index in [4.69, 9.17) is 0 Å². The molecule has 0 heterocycles. The summed E-state index contributed by atoms with van der Waals surface area (Å²) in [7, 11) is 0. The van der Waals surface area contributed by atoms with E-state index in [1.165, 1.54) is 11.1 Å². The van der Waals surface area contributed by atoms with Gasteiger partial charge in [0.25, 0.3) is 0 Å². The van der Waals surface area contributed by atoms with Gasteiger partial charge in [0.1, 0.15) is 0 Å². The summed E-state index contributed by atoms with van der Waals surface area (Å²) in [4.78, 5) is 0. The van der Waals surface area contributed by atoms with Gasteiger partial charge < -0.3 is 5.11 Å². The average molecular weight is 224 g/mol. The minimum atomic E-state index is -0.181. The highest BCUT2D eigenvalue weighted by atomic mass is 32.2. The second-order valence-electron chi connectivity index (χ2n) is 3.98. The van der Waals surface area contributed by atoms with Gasteiger partial charge in [-0.15, -0.1) is 0 Å². The first-order valence-corrected chi connectivity index (χ1v) is 6.84. The van der Waals surface area contributed by atoms with Crippen molar-refractivity contribution >= 4 is 11.8 Å². The smallest absolute Gasteiger partial charge is 0.0580 e. The molecule has 0 aliphatic rings. The zero-order chi connectivity index (χ0) is 11.1. The summed E-state index contributed by atoms with van der Waals surface area (Å²) in [6, 6.07) is 8.41. The summed E-state index contributed by atoms with van der Waals surface area (Å²) in [6.45, 7) is 2.08. The fourth-order valence-electron chi connectivity index (χ4n) is 1.56. The first-order chi connectivity index (χ1) is 7.22. The average Bonchev–Trinajstić information content (AvgIpc) is 2.22. The van der Waals surface area contributed by atoms with Crippen molar-refractivity contribution in [3.63, 3.8) is 0 Å². The molecule has 1 aromatic carbocycles. The third-order valence-corrected chi connectivity index (χ3v) is 3.17. The summed E-state index contributed by atoms with van der Waals surface area (Å²) >= 11 is 1.84. The lowest BCUT2D eigenvalue weighted by molar-refractivity contribution is 0.164. The Morgan fingerprint density at radius 1 is 1.27 bits per heavy atom. The Balaban J connectivity index is 2.31. The van der Waals surface area contributed by atoms with Gasteiger partial charge in [-0.1, -0.05) is 29.8 Å². The van der Waals surface area contributed by atoms with Crippen molar-refractivity contribution < 1.29 is 5.11 Å². The van der Waals surface area contributed by atoms with Gasteiger partial charge >= 0.3 is 0 Å². The Kier molecular flexibility index (Phi) is 5.81. The van der Waals surface area contributed by atoms with E-state index in [9.17, 15) is 5.11 Å². The quantitative estimate of drug-likeness (QED) is 0.749. The molecule has 1 nitrogen and oxygen atoms in total. The van der Waals surface area contributed by atoms with E-state index in [-0.39, 0.29) is 6.10 Å². The first kappa shape index (κ1) is 12.6. The monoisotopic (exact) mass is 224 g/mol. The maximum atomic E-state index is 9.79. The van der Waals surface area contributed by atoms with Crippen LogP contribution in [0.25, 0.3) is 0 Å². The zero-order valence-corrected chi connectivity index (χ0v) is 10.4. The summed E-state index contributed by atoms with van der Waals surface area (Å²) in [5, 5.41) is 9.79. The standard InChI is InChI=1S/C13H20OS/c1-11-5-7-12(8-6-11)10-13(14)4-3-9-15-2/h5-8,13-14H,3-4,9-10H2,1-2H3. The number of hydrogen-bond acceptors (Lipinski definition) is 2. The van der Waals surface area contributed by atoms with Crippen LogP contribution in [-0.4, -0.2) is 23.2 Å². The number of hydrogen-bond donors (Lipinski definition) is 1. The van der Waals surface area contributed by atoms with Gasteiger partial charge in [-0.3, -0.25) is 0 Å². The third-order valence-electron chi connectivity index (χ3n) is 2.48. The molecule has 0 spiro atoms. The van der Waals surface area contributed by atoms with Crippen molar-refractivity contribution in [3.05, 3.63) is 35.4 Å². The molecule has 1 aromatic rings. The number of thioether (sulfide) groups is 1. The molecule has 0 aliphatic heterocycles. The molecule has 1 N–H and O–H groups in total. The van der Waals surface area contributed by atoms with Crippen LogP contribution in [0.5, 0.6) is 0 Å². The van der Waals surface area contributed by atoms with Crippen LogP contribution in [0.15, 0.2) is 24.3 Å². The molecule has 0 radical (unpaired) electrons. The van der Waals surface area contributed by atoms with Crippen LogP contribution in [0.2, 0.25) is 0 Å². The SMILES string of the molecule is CSCCCC(O)Cc1ccc(C)cc1. The van der Waals surface area contributed by atoms with E-state index in [1.54, 1.807) is 0 Å². The molecule has 0 fully saturated rings. The Morgan fingerprint density at radius 3 is 2.53 bits per heavy atom. The topological polar surface area (TPSA) is 20.2 Å². The van der Waals surface area contributed by atoms with Crippen molar-refractivity contribution in [1.82, 2.24) is 0 Å². The summed E-state index contributed by atoms with van der Waals surface area (Å²) in [5.74, 6) is 1.14. The van der Waals surface area contributed by atoms with Gasteiger partial charge in [0.15, 0.2) is 0 Å². The van der Waals surface area contributed by atoms with E-state index in [1.807, 2.05) is 11.8 Å². The van der Waals surface area contributed by atoms with Crippen molar-refractivity contribution in [3.8, 4) is 0 Å². The highest BCUT2D eigenvalue weighted by Crippen LogP contribution is 2.10. The third kappa shape index (κ3) is 5.24. The first-order valence-electron chi connectivity index (χ1n) is 5.45. The molecule has 0 saturated carbocycles. The Morgan fingerprint density at radius 2 is 1.93 bits per heavy atom. The Hall–Kier alpha value is -0.470. The lowest BCUT2D eigenvalue weighted by Gasteiger charge is -2.10. The molecule has 15 heavy (non-hydrogen) atoms. The second kappa shape index (κ2) is 6.91. The molecule has 0 saturated heterocycles. The molecule has 0 amide bonds. The molecular weight excluding hydrogens is 204 g/mol. The van der Waals surface area contributed by atoms with Crippen molar-refractivity contribution in [2.75, 3.05) is 12.0 Å². The van der Waals surface area contributed by atoms with Gasteiger partial charge in [-0.25, -0.2) is 0 Å². The highest BCUT2D eigenvalue weighted by Gasteiger charge is 2.04. The molecule has 1 unspecified atom stereocenters. The van der Waals surface area contributed by atoms with Gasteiger partial charge in [-0.05, 0) is 43.8 Å². The maximum absolute atomic E-state index is 9.79. The second-order valence-corrected chi connectivity index (χ2v) is 4.96. The van der Waals surface area contributed by atoms with E-state index in [2.05, 4.69) is 37.4 Å². The fourth-order valence-corrected chi connectivity index (χ4v) is 2.02. The molecule has 0 bridgehead atoms. The Labute approximate surface area is 96.9 Å². The van der Waals surface area contributed by atoms with Gasteiger partial charge in [0.2, 0.25) is 0 Å². The van der Waals surface area contributed by atoms with E-state index >= 15 is 0 Å². The Bertz CT molecular complexity index is 268. The van der Waals surface area contributed by atoms with Crippen LogP contribution >= 0.6 is 11.8 Å². The predicted molar refractivity (Wildman–Crippen MR) is 68.5 cm³/mol. The summed E-state index contributed by atoms with van der Waals surface area (Å²) in [5.41, 5.74) is 2.51. The highest BCUT2D eigenvalue weighted by molar-refractivity contribution is 7.98. The van der Waals surface area contributed by atoms with Crippen LogP contribution in [0, 0.1) is 6.92 Å². The number of aliphatic hydroxyl groups excluding tert-OH is 1. The molecular formula is C13H20OS. The van der Waals surface area contributed by atoms with Crippen LogP contribution in [0.3, 0.4) is 0 Å². The number of rotatable bonds is 6. The number of aryl methyl sites for hydroxylation is 1. The van der Waals surface area contributed by atoms with Crippen LogP contribution in [0.4, 0.5) is 0 Å². The van der Waals surface area contributed by atoms with Crippen LogP contribution in [0.1, 0.15) is 24.0 Å². The zero-order valence-electron chi connectivity index (χ0n) is 9.57. The predicted octanol–water partition coefficient (Wildman–Crippen LogP) is 3.04. The van der Waals surface area contributed by atoms with Gasteiger partial charge in [0, 0.05) is 0 Å². The van der Waals surface area contributed by atoms with Crippen LogP contribution in [-0.2, 0) is 6.42 Å². The van der Waals surface area contributed by atoms with Crippen molar-refractivity contribution in [1.29, 1.82) is 0 Å². The minimum absolute atomic E-state index is 0.181. The lowest BCUT2D eigenvalue weighted by atomic mass is 10.0. The summed E-state index contributed by atoms with van der Waals surface area (Å²) in [6.07, 6.45) is 4.73. The van der Waals surface area contributed by atoms with E-state index in [0.29, 0.717) is 0 Å². The molecule has 84 valence electrons. The fraction of sp³-hybridized carbons (Fsp3) is 0.538. The number of benzene rings is 1. The van der Waals surface area contributed by atoms with Gasteiger partial charge in [0.05, 0.1) is 6.10 Å². The molecule has 0 aliphatic carbocycles. The largest absolute Gasteiger partial charge is 0.393 e. The lowest BCUT2D eigenvalue weighted by Crippen LogP contribution is -2.10. The maximum Gasteiger partial charge on any atom is 0.0580 e. The van der Waals surface area contributed by atoms with E-state index in [0.717, 1.165) is 25.0 Å². The molecule has 1 atom stereocenters. The minimum Gasteiger partial charge on any atom is -0.393 e.